The summed E-state index contributed by atoms with van der Waals surface area (Å²) in [4.78, 5) is 10.9. The van der Waals surface area contributed by atoms with Crippen LogP contribution in [0.2, 0.25) is 0 Å². The highest BCUT2D eigenvalue weighted by Crippen LogP contribution is 2.45. The van der Waals surface area contributed by atoms with Crippen LogP contribution in [0.25, 0.3) is 0 Å². The second-order valence-corrected chi connectivity index (χ2v) is 3.42. The Labute approximate surface area is 61.0 Å². The van der Waals surface area contributed by atoms with Crippen LogP contribution in [0.15, 0.2) is 0 Å². The van der Waals surface area contributed by atoms with E-state index >= 15 is 0 Å². The molecule has 1 unspecified atom stereocenters. The Hall–Kier alpha value is -0.370. The number of nitrogens with one attached hydrogen (secondary N) is 1. The van der Waals surface area contributed by atoms with Gasteiger partial charge in [-0.05, 0) is 32.2 Å². The smallest absolute Gasteiger partial charge is 0.134 e. The maximum atomic E-state index is 10.9. The molecule has 2 rings (SSSR count). The van der Waals surface area contributed by atoms with Crippen molar-refractivity contribution in [3.63, 3.8) is 0 Å². The summed E-state index contributed by atoms with van der Waals surface area (Å²) in [6, 6.07) is 0.561. The van der Waals surface area contributed by atoms with Crippen LogP contribution >= 0.6 is 0 Å². The third-order valence-corrected chi connectivity index (χ3v) is 2.73. The van der Waals surface area contributed by atoms with E-state index in [1.165, 1.54) is 12.8 Å². The van der Waals surface area contributed by atoms with E-state index in [2.05, 4.69) is 5.32 Å². The highest BCUT2D eigenvalue weighted by molar-refractivity contribution is 5.82. The molecule has 0 bridgehead atoms. The molecule has 1 saturated carbocycles. The van der Waals surface area contributed by atoms with E-state index in [9.17, 15) is 4.79 Å². The highest BCUT2D eigenvalue weighted by atomic mass is 16.1. The van der Waals surface area contributed by atoms with E-state index < -0.39 is 0 Å². The van der Waals surface area contributed by atoms with Gasteiger partial charge in [0.2, 0.25) is 0 Å². The Kier molecular flexibility index (Phi) is 1.31. The molecule has 2 fully saturated rings. The lowest BCUT2D eigenvalue weighted by molar-refractivity contribution is -0.118. The van der Waals surface area contributed by atoms with Crippen molar-refractivity contribution in [3.05, 3.63) is 0 Å². The molecule has 2 nitrogen and oxygen atoms in total. The van der Waals surface area contributed by atoms with Gasteiger partial charge in [0.1, 0.15) is 5.78 Å². The molecule has 10 heavy (non-hydrogen) atoms. The summed E-state index contributed by atoms with van der Waals surface area (Å²) in [6.07, 6.45) is 2.52. The lowest BCUT2D eigenvalue weighted by Gasteiger charge is -2.07. The first kappa shape index (κ1) is 6.35. The summed E-state index contributed by atoms with van der Waals surface area (Å²) < 4.78 is 0. The first-order chi connectivity index (χ1) is 4.80. The van der Waals surface area contributed by atoms with Crippen molar-refractivity contribution in [3.8, 4) is 0 Å². The zero-order chi connectivity index (χ0) is 7.14. The zero-order valence-corrected chi connectivity index (χ0v) is 6.26. The van der Waals surface area contributed by atoms with Gasteiger partial charge in [-0.25, -0.2) is 0 Å². The van der Waals surface area contributed by atoms with Crippen molar-refractivity contribution in [2.45, 2.75) is 25.8 Å². The Morgan fingerprint density at radius 3 is 2.90 bits per heavy atom. The molecule has 0 aromatic heterocycles. The topological polar surface area (TPSA) is 29.1 Å². The van der Waals surface area contributed by atoms with Crippen LogP contribution in [0.4, 0.5) is 0 Å². The average molecular weight is 139 g/mol. The van der Waals surface area contributed by atoms with Crippen LogP contribution in [-0.4, -0.2) is 18.4 Å². The number of rotatable bonds is 1. The molecular formula is C8H13NO. The van der Waals surface area contributed by atoms with Gasteiger partial charge in [0, 0.05) is 12.0 Å². The highest BCUT2D eigenvalue weighted by Gasteiger charge is 2.53. The number of ketones is 1. The standard InChI is InChI=1S/C8H13NO/c1-5(10)7-6-3-2-4-9-8(6)7/h6-9H,2-4H2,1H3/t6-,7?,8-/m1/s1. The zero-order valence-electron chi connectivity index (χ0n) is 6.26. The monoisotopic (exact) mass is 139 g/mol. The number of hydrogen-bond acceptors (Lipinski definition) is 2. The van der Waals surface area contributed by atoms with Crippen molar-refractivity contribution >= 4 is 5.78 Å². The maximum absolute atomic E-state index is 10.9. The maximum Gasteiger partial charge on any atom is 0.134 e. The molecule has 0 radical (unpaired) electrons. The van der Waals surface area contributed by atoms with Crippen molar-refractivity contribution in [1.29, 1.82) is 0 Å². The second kappa shape index (κ2) is 2.06. The Bertz CT molecular complexity index is 155. The normalized spacial score (nSPS) is 44.3. The molecule has 3 atom stereocenters. The Morgan fingerprint density at radius 2 is 2.40 bits per heavy atom. The fraction of sp³-hybridized carbons (Fsp3) is 0.875. The SMILES string of the molecule is CC(=O)C1[C@H]2CCCN[C@@H]12. The van der Waals surface area contributed by atoms with E-state index in [1.54, 1.807) is 6.92 Å². The van der Waals surface area contributed by atoms with Crippen LogP contribution < -0.4 is 5.32 Å². The van der Waals surface area contributed by atoms with Crippen LogP contribution in [-0.2, 0) is 4.79 Å². The van der Waals surface area contributed by atoms with Gasteiger partial charge >= 0.3 is 0 Å². The van der Waals surface area contributed by atoms with Gasteiger partial charge in [0.25, 0.3) is 0 Å². The quantitative estimate of drug-likeness (QED) is 0.575. The van der Waals surface area contributed by atoms with Crippen LogP contribution in [0.1, 0.15) is 19.8 Å². The second-order valence-electron chi connectivity index (χ2n) is 3.42. The van der Waals surface area contributed by atoms with Crippen LogP contribution in [0, 0.1) is 11.8 Å². The molecular weight excluding hydrogens is 126 g/mol. The molecule has 0 spiro atoms. The summed E-state index contributed by atoms with van der Waals surface area (Å²) >= 11 is 0. The third-order valence-electron chi connectivity index (χ3n) is 2.73. The predicted molar refractivity (Wildman–Crippen MR) is 38.7 cm³/mol. The predicted octanol–water partition coefficient (Wildman–Crippen LogP) is 0.573. The van der Waals surface area contributed by atoms with E-state index in [0.717, 1.165) is 6.54 Å². The molecule has 0 aromatic carbocycles. The average Bonchev–Trinajstić information content (AvgIpc) is 2.60. The van der Waals surface area contributed by atoms with Gasteiger partial charge in [-0.15, -0.1) is 0 Å². The summed E-state index contributed by atoms with van der Waals surface area (Å²) in [7, 11) is 0. The molecule has 2 aliphatic rings. The van der Waals surface area contributed by atoms with E-state index in [4.69, 9.17) is 0 Å². The van der Waals surface area contributed by atoms with Crippen molar-refractivity contribution < 1.29 is 4.79 Å². The molecule has 0 aromatic rings. The summed E-state index contributed by atoms with van der Waals surface area (Å²) in [5.41, 5.74) is 0. The van der Waals surface area contributed by atoms with Gasteiger partial charge in [0.05, 0.1) is 0 Å². The first-order valence-electron chi connectivity index (χ1n) is 4.04. The van der Waals surface area contributed by atoms with Crippen molar-refractivity contribution in [1.82, 2.24) is 5.32 Å². The van der Waals surface area contributed by atoms with E-state index in [-0.39, 0.29) is 0 Å². The molecule has 56 valence electrons. The number of hydrogen-bond donors (Lipinski definition) is 1. The largest absolute Gasteiger partial charge is 0.313 e. The van der Waals surface area contributed by atoms with E-state index in [1.807, 2.05) is 0 Å². The Morgan fingerprint density at radius 1 is 1.60 bits per heavy atom. The van der Waals surface area contributed by atoms with Gasteiger partial charge in [-0.2, -0.15) is 0 Å². The number of carbonyl (C=O) groups excluding carboxylic acids is 1. The number of piperidine rings is 1. The third kappa shape index (κ3) is 0.788. The lowest BCUT2D eigenvalue weighted by Crippen LogP contribution is -2.24. The van der Waals surface area contributed by atoms with Crippen molar-refractivity contribution in [2.24, 2.45) is 11.8 Å². The minimum atomic E-state index is 0.377. The molecule has 1 N–H and O–H groups in total. The van der Waals surface area contributed by atoms with Crippen molar-refractivity contribution in [2.75, 3.05) is 6.54 Å². The van der Waals surface area contributed by atoms with Gasteiger partial charge < -0.3 is 5.32 Å². The molecule has 1 heterocycles. The van der Waals surface area contributed by atoms with Crippen LogP contribution in [0.3, 0.4) is 0 Å². The summed E-state index contributed by atoms with van der Waals surface area (Å²) in [6.45, 7) is 2.83. The molecule has 1 aliphatic carbocycles. The molecule has 1 saturated heterocycles. The fourth-order valence-electron chi connectivity index (χ4n) is 2.17. The van der Waals surface area contributed by atoms with Crippen LogP contribution in [0.5, 0.6) is 0 Å². The summed E-state index contributed by atoms with van der Waals surface area (Å²) in [5.74, 6) is 1.46. The van der Waals surface area contributed by atoms with E-state index in [0.29, 0.717) is 23.7 Å². The minimum Gasteiger partial charge on any atom is -0.313 e. The molecule has 2 heteroatoms. The summed E-state index contributed by atoms with van der Waals surface area (Å²) in [5, 5.41) is 3.37. The van der Waals surface area contributed by atoms with Gasteiger partial charge in [-0.3, -0.25) is 4.79 Å². The molecule has 0 amide bonds. The number of carbonyl (C=O) groups is 1. The molecule has 1 aliphatic heterocycles. The minimum absolute atomic E-state index is 0.377. The lowest BCUT2D eigenvalue weighted by atomic mass is 10.1. The fourth-order valence-corrected chi connectivity index (χ4v) is 2.17. The number of Topliss-reactive ketones (excluding diaryl/α,β-unsaturated/α-hetero) is 1. The Balaban J connectivity index is 1.99. The number of fused-ring (bicyclic) bond motifs is 1. The van der Waals surface area contributed by atoms with Gasteiger partial charge in [0.15, 0.2) is 0 Å². The first-order valence-corrected chi connectivity index (χ1v) is 4.04. The van der Waals surface area contributed by atoms with Gasteiger partial charge in [-0.1, -0.05) is 0 Å².